The second-order valence-electron chi connectivity index (χ2n) is 0.632. The SMILES string of the molecule is CCO.CCO.[Al][Cl]. The van der Waals surface area contributed by atoms with Crippen molar-refractivity contribution in [3.8, 4) is 0 Å². The van der Waals surface area contributed by atoms with Gasteiger partial charge in [-0.25, -0.2) is 0 Å². The minimum atomic E-state index is 0.250. The normalized spacial score (nSPS) is 5.12. The third-order valence-electron chi connectivity index (χ3n) is 0. The van der Waals surface area contributed by atoms with Crippen LogP contribution in [0.5, 0.6) is 0 Å². The van der Waals surface area contributed by atoms with Crippen LogP contribution in [0.4, 0.5) is 0 Å². The summed E-state index contributed by atoms with van der Waals surface area (Å²) < 4.78 is 0. The fourth-order valence-electron chi connectivity index (χ4n) is 0. The van der Waals surface area contributed by atoms with Crippen LogP contribution in [0.3, 0.4) is 0 Å². The maximum Gasteiger partial charge on any atom is 0.293 e. The molecule has 2 nitrogen and oxygen atoms in total. The number of hydrogen-bond donors (Lipinski definition) is 2. The third-order valence-corrected chi connectivity index (χ3v) is 0. The smallest absolute Gasteiger partial charge is 0.293 e. The average Bonchev–Trinajstić information content (AvgIpc) is 1.75. The maximum absolute atomic E-state index is 7.57. The number of rotatable bonds is 0. The van der Waals surface area contributed by atoms with Gasteiger partial charge in [0.15, 0.2) is 0 Å². The van der Waals surface area contributed by atoms with Crippen LogP contribution in [0.15, 0.2) is 0 Å². The van der Waals surface area contributed by atoms with E-state index >= 15 is 0 Å². The lowest BCUT2D eigenvalue weighted by atomic mass is 10.9. The fraction of sp³-hybridized carbons (Fsp3) is 1.00. The summed E-state index contributed by atoms with van der Waals surface area (Å²) in [6, 6.07) is 0. The highest BCUT2D eigenvalue weighted by Gasteiger charge is 1.34. The van der Waals surface area contributed by atoms with Gasteiger partial charge in [-0.3, -0.25) is 10.0 Å². The molecule has 4 heteroatoms. The molecule has 0 aliphatic heterocycles. The molecule has 0 saturated carbocycles. The van der Waals surface area contributed by atoms with E-state index in [2.05, 4.69) is 10.0 Å². The van der Waals surface area contributed by atoms with E-state index in [4.69, 9.17) is 10.2 Å². The van der Waals surface area contributed by atoms with Crippen LogP contribution in [0.25, 0.3) is 0 Å². The molecule has 0 heterocycles. The highest BCUT2D eigenvalue weighted by molar-refractivity contribution is 6.80. The molecule has 0 spiro atoms. The summed E-state index contributed by atoms with van der Waals surface area (Å²) in [5.41, 5.74) is 0. The molecule has 0 amide bonds. The molecule has 0 unspecified atom stereocenters. The molecule has 0 aliphatic carbocycles. The second-order valence-corrected chi connectivity index (χ2v) is 0.632. The van der Waals surface area contributed by atoms with Gasteiger partial charge in [0.1, 0.15) is 0 Å². The van der Waals surface area contributed by atoms with Gasteiger partial charge in [-0.1, -0.05) is 0 Å². The van der Waals surface area contributed by atoms with Crippen LogP contribution in [0, 0.1) is 0 Å². The molecule has 0 aromatic heterocycles. The lowest BCUT2D eigenvalue weighted by Gasteiger charge is -1.52. The summed E-state index contributed by atoms with van der Waals surface area (Å²) in [4.78, 5) is 0. The molecule has 0 bridgehead atoms. The van der Waals surface area contributed by atoms with E-state index in [-0.39, 0.29) is 13.2 Å². The fourth-order valence-corrected chi connectivity index (χ4v) is 0. The molecule has 0 saturated heterocycles. The van der Waals surface area contributed by atoms with Gasteiger partial charge in [0.2, 0.25) is 0 Å². The molecule has 0 rings (SSSR count). The van der Waals surface area contributed by atoms with Crippen molar-refractivity contribution >= 4 is 25.4 Å². The van der Waals surface area contributed by atoms with E-state index in [0.29, 0.717) is 0 Å². The Balaban J connectivity index is -0.0000000483. The molecule has 0 fully saturated rings. The predicted octanol–water partition coefficient (Wildman–Crippen LogP) is 0.306. The van der Waals surface area contributed by atoms with Gasteiger partial charge in [0, 0.05) is 13.2 Å². The summed E-state index contributed by atoms with van der Waals surface area (Å²) in [6.45, 7) is 3.86. The van der Waals surface area contributed by atoms with Crippen molar-refractivity contribution in [2.24, 2.45) is 0 Å². The van der Waals surface area contributed by atoms with E-state index in [0.717, 1.165) is 0 Å². The summed E-state index contributed by atoms with van der Waals surface area (Å²) in [5.74, 6) is 0. The van der Waals surface area contributed by atoms with Gasteiger partial charge in [-0.15, -0.1) is 0 Å². The topological polar surface area (TPSA) is 40.5 Å². The Labute approximate surface area is 63.1 Å². The summed E-state index contributed by atoms with van der Waals surface area (Å²) in [7, 11) is 4.56. The molecule has 0 atom stereocenters. The minimum Gasteiger partial charge on any atom is -0.397 e. The standard InChI is InChI=1S/2C2H6O.Al.ClH/c2*1-2-3;;/h2*3H,2H2,1H3;;1H/q;;+1;/p-1. The highest BCUT2D eigenvalue weighted by Crippen LogP contribution is 1.30. The molecule has 8 heavy (non-hydrogen) atoms. The Morgan fingerprint density at radius 2 is 1.12 bits per heavy atom. The first-order chi connectivity index (χ1) is 3.83. The molecule has 0 aromatic carbocycles. The maximum atomic E-state index is 7.57. The zero-order chi connectivity index (χ0) is 7.41. The molecule has 2 radical (unpaired) electrons. The van der Waals surface area contributed by atoms with Crippen molar-refractivity contribution < 1.29 is 10.2 Å². The van der Waals surface area contributed by atoms with Crippen LogP contribution in [0.2, 0.25) is 0 Å². The van der Waals surface area contributed by atoms with Crippen molar-refractivity contribution in [2.75, 3.05) is 13.2 Å². The largest absolute Gasteiger partial charge is 0.397 e. The van der Waals surface area contributed by atoms with Crippen LogP contribution >= 0.6 is 10.0 Å². The Hall–Kier alpha value is 0.742. The molecule has 0 aromatic rings. The van der Waals surface area contributed by atoms with Gasteiger partial charge in [0.05, 0.1) is 0 Å². The van der Waals surface area contributed by atoms with Gasteiger partial charge in [0.25, 0.3) is 15.4 Å². The monoisotopic (exact) mass is 154 g/mol. The van der Waals surface area contributed by atoms with E-state index in [1.54, 1.807) is 13.8 Å². The van der Waals surface area contributed by atoms with Gasteiger partial charge >= 0.3 is 0 Å². The van der Waals surface area contributed by atoms with Gasteiger partial charge in [-0.2, -0.15) is 0 Å². The quantitative estimate of drug-likeness (QED) is 0.493. The van der Waals surface area contributed by atoms with Crippen molar-refractivity contribution in [3.05, 3.63) is 0 Å². The molecule has 0 aliphatic rings. The number of halogens is 1. The van der Waals surface area contributed by atoms with E-state index < -0.39 is 0 Å². The lowest BCUT2D eigenvalue weighted by Crippen LogP contribution is -1.57. The molecule has 2 N–H and O–H groups in total. The first-order valence-corrected chi connectivity index (χ1v) is 4.01. The zero-order valence-electron chi connectivity index (χ0n) is 5.26. The van der Waals surface area contributed by atoms with E-state index in [1.807, 2.05) is 15.4 Å². The first kappa shape index (κ1) is 15.9. The zero-order valence-corrected chi connectivity index (χ0v) is 7.17. The number of aliphatic hydroxyl groups is 2. The third kappa shape index (κ3) is 403. The average molecular weight is 155 g/mol. The molecule has 50 valence electrons. The van der Waals surface area contributed by atoms with Crippen LogP contribution in [-0.2, 0) is 0 Å². The Morgan fingerprint density at radius 1 is 1.12 bits per heavy atom. The lowest BCUT2D eigenvalue weighted by molar-refractivity contribution is 0.318. The Kier molecular flexibility index (Phi) is 93.0. The van der Waals surface area contributed by atoms with Crippen molar-refractivity contribution in [1.29, 1.82) is 0 Å². The van der Waals surface area contributed by atoms with Gasteiger partial charge < -0.3 is 10.2 Å². The van der Waals surface area contributed by atoms with E-state index in [9.17, 15) is 0 Å². The van der Waals surface area contributed by atoms with Crippen molar-refractivity contribution in [1.82, 2.24) is 0 Å². The van der Waals surface area contributed by atoms with Gasteiger partial charge in [-0.05, 0) is 13.8 Å². The van der Waals surface area contributed by atoms with Crippen molar-refractivity contribution in [3.63, 3.8) is 0 Å². The van der Waals surface area contributed by atoms with E-state index in [1.165, 1.54) is 0 Å². The summed E-state index contributed by atoms with van der Waals surface area (Å²) >= 11 is 1.89. The predicted molar refractivity (Wildman–Crippen MR) is 37.1 cm³/mol. The van der Waals surface area contributed by atoms with Crippen LogP contribution in [-0.4, -0.2) is 38.8 Å². The van der Waals surface area contributed by atoms with Crippen LogP contribution < -0.4 is 0 Å². The second kappa shape index (κ2) is 46.8. The summed E-state index contributed by atoms with van der Waals surface area (Å²) in [5, 5.41) is 15.1. The minimum absolute atomic E-state index is 0.250. The Bertz CT molecular complexity index is 16.0. The van der Waals surface area contributed by atoms with Crippen molar-refractivity contribution in [2.45, 2.75) is 13.8 Å². The Morgan fingerprint density at radius 3 is 1.12 bits per heavy atom. The first-order valence-electron chi connectivity index (χ1n) is 2.26. The molecular weight excluding hydrogens is 142 g/mol. The summed E-state index contributed by atoms with van der Waals surface area (Å²) in [6.07, 6.45) is 0. The molecular formula is C4H12AlClO2. The highest BCUT2D eigenvalue weighted by atomic mass is 35.6. The number of aliphatic hydroxyl groups excluding tert-OH is 2. The van der Waals surface area contributed by atoms with Crippen LogP contribution in [0.1, 0.15) is 13.8 Å². The number of hydrogen-bond acceptors (Lipinski definition) is 2.